The summed E-state index contributed by atoms with van der Waals surface area (Å²) in [6.45, 7) is 1.65. The minimum absolute atomic E-state index is 0.0912. The van der Waals surface area contributed by atoms with E-state index in [0.717, 1.165) is 19.2 Å². The minimum Gasteiger partial charge on any atom is -0.465 e. The summed E-state index contributed by atoms with van der Waals surface area (Å²) in [5, 5.41) is 0.443. The first-order chi connectivity index (χ1) is 11.2. The number of methoxy groups -OCH3 is 1. The van der Waals surface area contributed by atoms with Gasteiger partial charge >= 0.3 is 5.97 Å². The third kappa shape index (κ3) is 3.88. The molecule has 2 aromatic carbocycles. The molecule has 24 heavy (non-hydrogen) atoms. The Morgan fingerprint density at radius 3 is 2.54 bits per heavy atom. The highest BCUT2D eigenvalue weighted by Crippen LogP contribution is 2.28. The van der Waals surface area contributed by atoms with Crippen LogP contribution in [0.4, 0.5) is 10.1 Å². The van der Waals surface area contributed by atoms with E-state index in [1.807, 2.05) is 0 Å². The van der Waals surface area contributed by atoms with Gasteiger partial charge in [0.1, 0.15) is 10.7 Å². The number of hydrogen-bond acceptors (Lipinski definition) is 4. The molecule has 0 aliphatic heterocycles. The van der Waals surface area contributed by atoms with Gasteiger partial charge in [0.15, 0.2) is 0 Å². The fourth-order valence-corrected chi connectivity index (χ4v) is 3.86. The standard InChI is InChI=1S/C15H12BrClFNO4S/c1-8-5-9(17)3-4-13(8)19-24(21,22)14-6-10(15(20)23-2)11(16)7-12(14)18/h3-7,19H,1-2H3. The van der Waals surface area contributed by atoms with E-state index >= 15 is 0 Å². The Kier molecular flexibility index (Phi) is 5.52. The van der Waals surface area contributed by atoms with Crippen LogP contribution in [0.2, 0.25) is 5.02 Å². The molecule has 1 N–H and O–H groups in total. The molecule has 2 aromatic rings. The van der Waals surface area contributed by atoms with Crippen molar-refractivity contribution in [1.29, 1.82) is 0 Å². The lowest BCUT2D eigenvalue weighted by Gasteiger charge is -2.13. The molecule has 9 heteroatoms. The van der Waals surface area contributed by atoms with Gasteiger partial charge in [0.25, 0.3) is 10.0 Å². The van der Waals surface area contributed by atoms with E-state index in [2.05, 4.69) is 25.4 Å². The summed E-state index contributed by atoms with van der Waals surface area (Å²) < 4.78 is 46.0. The average Bonchev–Trinajstić information content (AvgIpc) is 2.49. The summed E-state index contributed by atoms with van der Waals surface area (Å²) in [6, 6.07) is 6.35. The number of carbonyl (C=O) groups is 1. The summed E-state index contributed by atoms with van der Waals surface area (Å²) >= 11 is 8.83. The second-order valence-corrected chi connectivity index (χ2v) is 7.76. The first-order valence-corrected chi connectivity index (χ1v) is 9.17. The van der Waals surface area contributed by atoms with Crippen molar-refractivity contribution in [1.82, 2.24) is 0 Å². The minimum atomic E-state index is -4.26. The van der Waals surface area contributed by atoms with Crippen molar-refractivity contribution in [3.63, 3.8) is 0 Å². The number of rotatable bonds is 4. The number of esters is 1. The second-order valence-electron chi connectivity index (χ2n) is 4.82. The molecule has 0 fully saturated rings. The van der Waals surface area contributed by atoms with Crippen molar-refractivity contribution in [3.05, 3.63) is 56.8 Å². The molecule has 0 unspecified atom stereocenters. The highest BCUT2D eigenvalue weighted by atomic mass is 79.9. The van der Waals surface area contributed by atoms with Crippen molar-refractivity contribution in [3.8, 4) is 0 Å². The first-order valence-electron chi connectivity index (χ1n) is 6.52. The van der Waals surface area contributed by atoms with E-state index in [9.17, 15) is 17.6 Å². The van der Waals surface area contributed by atoms with Crippen molar-refractivity contribution in [2.45, 2.75) is 11.8 Å². The van der Waals surface area contributed by atoms with E-state index < -0.39 is 26.7 Å². The molecule has 0 aliphatic rings. The molecule has 0 radical (unpaired) electrons. The number of sulfonamides is 1. The van der Waals surface area contributed by atoms with Crippen LogP contribution in [-0.2, 0) is 14.8 Å². The van der Waals surface area contributed by atoms with Gasteiger partial charge in [-0.1, -0.05) is 11.6 Å². The Labute approximate surface area is 152 Å². The van der Waals surface area contributed by atoms with Crippen LogP contribution in [0.5, 0.6) is 0 Å². The molecular formula is C15H12BrClFNO4S. The van der Waals surface area contributed by atoms with Crippen LogP contribution in [0.1, 0.15) is 15.9 Å². The van der Waals surface area contributed by atoms with E-state index in [1.54, 1.807) is 13.0 Å². The maximum absolute atomic E-state index is 14.1. The van der Waals surface area contributed by atoms with Crippen LogP contribution in [0, 0.1) is 12.7 Å². The molecule has 0 aliphatic carbocycles. The van der Waals surface area contributed by atoms with Crippen LogP contribution in [0.3, 0.4) is 0 Å². The average molecular weight is 437 g/mol. The van der Waals surface area contributed by atoms with Crippen molar-refractivity contribution in [2.24, 2.45) is 0 Å². The Bertz CT molecular complexity index is 918. The highest BCUT2D eigenvalue weighted by Gasteiger charge is 2.24. The third-order valence-corrected chi connectivity index (χ3v) is 5.42. The number of anilines is 1. The number of halogens is 3. The normalized spacial score (nSPS) is 11.2. The SMILES string of the molecule is COC(=O)c1cc(S(=O)(=O)Nc2ccc(Cl)cc2C)c(F)cc1Br. The molecule has 0 aromatic heterocycles. The van der Waals surface area contributed by atoms with E-state index in [-0.39, 0.29) is 15.7 Å². The fraction of sp³-hybridized carbons (Fsp3) is 0.133. The summed E-state index contributed by atoms with van der Waals surface area (Å²) in [7, 11) is -3.12. The summed E-state index contributed by atoms with van der Waals surface area (Å²) in [5.74, 6) is -1.80. The number of ether oxygens (including phenoxy) is 1. The second kappa shape index (κ2) is 7.08. The van der Waals surface area contributed by atoms with E-state index in [0.29, 0.717) is 10.6 Å². The molecule has 0 spiro atoms. The maximum Gasteiger partial charge on any atom is 0.339 e. The van der Waals surface area contributed by atoms with Crippen LogP contribution >= 0.6 is 27.5 Å². The van der Waals surface area contributed by atoms with Crippen molar-refractivity contribution < 1.29 is 22.3 Å². The monoisotopic (exact) mass is 435 g/mol. The lowest BCUT2D eigenvalue weighted by molar-refractivity contribution is 0.0599. The number of aryl methyl sites for hydroxylation is 1. The fourth-order valence-electron chi connectivity index (χ4n) is 1.94. The predicted molar refractivity (Wildman–Crippen MR) is 92.4 cm³/mol. The number of carbonyl (C=O) groups excluding carboxylic acids is 1. The van der Waals surface area contributed by atoms with E-state index in [1.165, 1.54) is 12.1 Å². The molecule has 0 bridgehead atoms. The van der Waals surface area contributed by atoms with Crippen LogP contribution in [0.25, 0.3) is 0 Å². The Morgan fingerprint density at radius 2 is 1.96 bits per heavy atom. The molecule has 0 amide bonds. The molecule has 128 valence electrons. The number of benzene rings is 2. The summed E-state index contributed by atoms with van der Waals surface area (Å²) in [4.78, 5) is 11.0. The number of nitrogens with one attached hydrogen (secondary N) is 1. The van der Waals surface area contributed by atoms with Gasteiger partial charge in [0, 0.05) is 9.50 Å². The topological polar surface area (TPSA) is 72.5 Å². The van der Waals surface area contributed by atoms with Gasteiger partial charge < -0.3 is 4.74 Å². The lowest BCUT2D eigenvalue weighted by atomic mass is 10.2. The van der Waals surface area contributed by atoms with Crippen LogP contribution in [0.15, 0.2) is 39.7 Å². The molecule has 0 atom stereocenters. The molecule has 0 saturated heterocycles. The predicted octanol–water partition coefficient (Wildman–Crippen LogP) is 4.14. The zero-order chi connectivity index (χ0) is 18.1. The van der Waals surface area contributed by atoms with Gasteiger partial charge in [0.05, 0.1) is 18.4 Å². The molecule has 2 rings (SSSR count). The zero-order valence-corrected chi connectivity index (χ0v) is 15.7. The smallest absolute Gasteiger partial charge is 0.339 e. The Hall–Kier alpha value is -1.64. The van der Waals surface area contributed by atoms with Gasteiger partial charge in [-0.3, -0.25) is 4.72 Å². The first kappa shape index (κ1) is 18.7. The number of hydrogen-bond donors (Lipinski definition) is 1. The van der Waals surface area contributed by atoms with E-state index in [4.69, 9.17) is 11.6 Å². The zero-order valence-electron chi connectivity index (χ0n) is 12.6. The third-order valence-electron chi connectivity index (χ3n) is 3.15. The molecule has 5 nitrogen and oxygen atoms in total. The van der Waals surface area contributed by atoms with Crippen molar-refractivity contribution >= 4 is 49.2 Å². The maximum atomic E-state index is 14.1. The molecule has 0 heterocycles. The Balaban J connectivity index is 2.51. The molecule has 0 saturated carbocycles. The Morgan fingerprint density at radius 1 is 1.29 bits per heavy atom. The van der Waals surface area contributed by atoms with Gasteiger partial charge in [-0.15, -0.1) is 0 Å². The summed E-state index contributed by atoms with van der Waals surface area (Å²) in [6.07, 6.45) is 0. The largest absolute Gasteiger partial charge is 0.465 e. The molecular weight excluding hydrogens is 425 g/mol. The summed E-state index contributed by atoms with van der Waals surface area (Å²) in [5.41, 5.74) is 0.713. The van der Waals surface area contributed by atoms with Gasteiger partial charge in [-0.05, 0) is 58.7 Å². The van der Waals surface area contributed by atoms with Gasteiger partial charge in [-0.25, -0.2) is 17.6 Å². The quantitative estimate of drug-likeness (QED) is 0.731. The van der Waals surface area contributed by atoms with Crippen molar-refractivity contribution in [2.75, 3.05) is 11.8 Å². The van der Waals surface area contributed by atoms with Crippen LogP contribution < -0.4 is 4.72 Å². The van der Waals surface area contributed by atoms with Gasteiger partial charge in [0.2, 0.25) is 0 Å². The highest BCUT2D eigenvalue weighted by molar-refractivity contribution is 9.10. The lowest BCUT2D eigenvalue weighted by Crippen LogP contribution is -2.17. The van der Waals surface area contributed by atoms with Crippen LogP contribution in [-0.4, -0.2) is 21.5 Å². The van der Waals surface area contributed by atoms with Gasteiger partial charge in [-0.2, -0.15) is 0 Å².